The van der Waals surface area contributed by atoms with Crippen molar-refractivity contribution < 1.29 is 9.53 Å². The van der Waals surface area contributed by atoms with Crippen molar-refractivity contribution >= 4 is 16.9 Å². The number of ether oxygens (including phenoxy) is 1. The Morgan fingerprint density at radius 3 is 2.62 bits per heavy atom. The molecule has 0 unspecified atom stereocenters. The lowest BCUT2D eigenvalue weighted by Crippen LogP contribution is -2.18. The normalized spacial score (nSPS) is 11.7. The van der Waals surface area contributed by atoms with Crippen LogP contribution in [0.15, 0.2) is 36.7 Å². The van der Waals surface area contributed by atoms with Crippen LogP contribution in [0.25, 0.3) is 22.2 Å². The number of benzene rings is 1. The Bertz CT molecular complexity index is 920. The molecular formula is C19H21N3O2. The molecule has 0 N–H and O–H groups in total. The average molecular weight is 323 g/mol. The Kier molecular flexibility index (Phi) is 3.87. The first-order chi connectivity index (χ1) is 11.3. The van der Waals surface area contributed by atoms with E-state index in [1.165, 1.54) is 7.11 Å². The summed E-state index contributed by atoms with van der Waals surface area (Å²) in [5, 5.41) is 1.10. The molecule has 0 saturated heterocycles. The zero-order valence-electron chi connectivity index (χ0n) is 14.6. The number of fused-ring (bicyclic) bond motifs is 1. The predicted octanol–water partition coefficient (Wildman–Crippen LogP) is 3.72. The van der Waals surface area contributed by atoms with Crippen LogP contribution < -0.4 is 0 Å². The Morgan fingerprint density at radius 1 is 1.21 bits per heavy atom. The van der Waals surface area contributed by atoms with Crippen molar-refractivity contribution in [2.45, 2.75) is 26.2 Å². The maximum Gasteiger partial charge on any atom is 0.341 e. The molecule has 3 aromatic rings. The number of rotatable bonds is 2. The van der Waals surface area contributed by atoms with Gasteiger partial charge in [-0.15, -0.1) is 0 Å². The molecule has 1 aromatic carbocycles. The molecule has 0 aliphatic heterocycles. The zero-order valence-corrected chi connectivity index (χ0v) is 14.6. The molecule has 2 aromatic heterocycles. The second-order valence-electron chi connectivity index (χ2n) is 6.90. The van der Waals surface area contributed by atoms with Gasteiger partial charge in [0, 0.05) is 41.3 Å². The molecule has 3 rings (SSSR count). The van der Waals surface area contributed by atoms with Crippen molar-refractivity contribution in [1.82, 2.24) is 14.5 Å². The molecule has 0 amide bonds. The number of methoxy groups -OCH3 is 1. The van der Waals surface area contributed by atoms with E-state index in [0.29, 0.717) is 17.1 Å². The van der Waals surface area contributed by atoms with Gasteiger partial charge >= 0.3 is 5.97 Å². The molecule has 5 heteroatoms. The molecular weight excluding hydrogens is 302 g/mol. The van der Waals surface area contributed by atoms with Gasteiger partial charge in [0.1, 0.15) is 11.4 Å². The lowest BCUT2D eigenvalue weighted by molar-refractivity contribution is 0.0600. The summed E-state index contributed by atoms with van der Waals surface area (Å²) in [6.07, 6.45) is 3.57. The highest BCUT2D eigenvalue weighted by Gasteiger charge is 2.22. The fraction of sp³-hybridized carbons (Fsp3) is 0.316. The van der Waals surface area contributed by atoms with E-state index in [-0.39, 0.29) is 5.41 Å². The van der Waals surface area contributed by atoms with Gasteiger partial charge in [0.25, 0.3) is 0 Å². The van der Waals surface area contributed by atoms with Crippen LogP contribution in [0.2, 0.25) is 0 Å². The number of aromatic nitrogens is 3. The molecule has 0 saturated carbocycles. The van der Waals surface area contributed by atoms with Crippen LogP contribution in [-0.2, 0) is 17.2 Å². The molecule has 24 heavy (non-hydrogen) atoms. The third-order valence-electron chi connectivity index (χ3n) is 4.02. The first-order valence-electron chi connectivity index (χ1n) is 7.82. The SMILES string of the molecule is COC(=O)c1cnc(C(C)(C)C)nc1-c1ccc2c(ccn2C)c1. The van der Waals surface area contributed by atoms with Crippen molar-refractivity contribution in [2.75, 3.05) is 7.11 Å². The first-order valence-corrected chi connectivity index (χ1v) is 7.82. The summed E-state index contributed by atoms with van der Waals surface area (Å²) in [5.41, 5.74) is 2.78. The van der Waals surface area contributed by atoms with Gasteiger partial charge in [-0.25, -0.2) is 14.8 Å². The molecule has 0 radical (unpaired) electrons. The van der Waals surface area contributed by atoms with Crippen molar-refractivity contribution in [3.8, 4) is 11.3 Å². The smallest absolute Gasteiger partial charge is 0.341 e. The Morgan fingerprint density at radius 2 is 1.96 bits per heavy atom. The standard InChI is InChI=1S/C19H21N3O2/c1-19(2,3)18-20-11-14(17(23)24-5)16(21-18)13-6-7-15-12(10-13)8-9-22(15)4/h6-11H,1-5H3. The van der Waals surface area contributed by atoms with E-state index in [1.54, 1.807) is 6.20 Å². The molecule has 5 nitrogen and oxygen atoms in total. The maximum absolute atomic E-state index is 12.1. The van der Waals surface area contributed by atoms with Crippen molar-refractivity contribution in [1.29, 1.82) is 0 Å². The van der Waals surface area contributed by atoms with Gasteiger partial charge in [0.15, 0.2) is 0 Å². The minimum Gasteiger partial charge on any atom is -0.465 e. The monoisotopic (exact) mass is 323 g/mol. The lowest BCUT2D eigenvalue weighted by Gasteiger charge is -2.18. The van der Waals surface area contributed by atoms with Crippen molar-refractivity contribution in [2.24, 2.45) is 7.05 Å². The number of esters is 1. The molecule has 0 fully saturated rings. The van der Waals surface area contributed by atoms with Crippen LogP contribution in [0.5, 0.6) is 0 Å². The van der Waals surface area contributed by atoms with E-state index >= 15 is 0 Å². The van der Waals surface area contributed by atoms with Crippen LogP contribution in [-0.4, -0.2) is 27.6 Å². The summed E-state index contributed by atoms with van der Waals surface area (Å²) in [5.74, 6) is 0.261. The average Bonchev–Trinajstić information content (AvgIpc) is 2.93. The number of carbonyl (C=O) groups excluding carboxylic acids is 1. The van der Waals surface area contributed by atoms with Gasteiger partial charge in [-0.3, -0.25) is 0 Å². The fourth-order valence-corrected chi connectivity index (χ4v) is 2.65. The summed E-state index contributed by atoms with van der Waals surface area (Å²) in [4.78, 5) is 21.2. The summed E-state index contributed by atoms with van der Waals surface area (Å²) in [6, 6.07) is 8.09. The van der Waals surface area contributed by atoms with E-state index in [9.17, 15) is 4.79 Å². The Labute approximate surface area is 141 Å². The van der Waals surface area contributed by atoms with Gasteiger partial charge in [-0.1, -0.05) is 26.8 Å². The number of hydrogen-bond donors (Lipinski definition) is 0. The molecule has 0 aliphatic carbocycles. The van der Waals surface area contributed by atoms with Crippen LogP contribution >= 0.6 is 0 Å². The lowest BCUT2D eigenvalue weighted by atomic mass is 9.95. The van der Waals surface area contributed by atoms with Crippen molar-refractivity contribution in [3.05, 3.63) is 48.0 Å². The minimum absolute atomic E-state index is 0.208. The number of carbonyl (C=O) groups is 1. The molecule has 2 heterocycles. The van der Waals surface area contributed by atoms with Gasteiger partial charge in [-0.05, 0) is 18.2 Å². The quantitative estimate of drug-likeness (QED) is 0.674. The van der Waals surface area contributed by atoms with Crippen LogP contribution in [0, 0.1) is 0 Å². The Balaban J connectivity index is 2.23. The van der Waals surface area contributed by atoms with Gasteiger partial charge < -0.3 is 9.30 Å². The molecule has 0 spiro atoms. The summed E-state index contributed by atoms with van der Waals surface area (Å²) < 4.78 is 6.95. The van der Waals surface area contributed by atoms with E-state index < -0.39 is 5.97 Å². The van der Waals surface area contributed by atoms with Gasteiger partial charge in [0.05, 0.1) is 12.8 Å². The Hall–Kier alpha value is -2.69. The van der Waals surface area contributed by atoms with Crippen LogP contribution in [0.1, 0.15) is 37.0 Å². The topological polar surface area (TPSA) is 57.0 Å². The molecule has 0 atom stereocenters. The highest BCUT2D eigenvalue weighted by molar-refractivity contribution is 5.97. The summed E-state index contributed by atoms with van der Waals surface area (Å²) in [7, 11) is 3.37. The summed E-state index contributed by atoms with van der Waals surface area (Å²) in [6.45, 7) is 6.14. The van der Waals surface area contributed by atoms with Gasteiger partial charge in [-0.2, -0.15) is 0 Å². The minimum atomic E-state index is -0.432. The predicted molar refractivity (Wildman–Crippen MR) is 94.0 cm³/mol. The second-order valence-corrected chi connectivity index (χ2v) is 6.90. The first kappa shape index (κ1) is 16.2. The summed E-state index contributed by atoms with van der Waals surface area (Å²) >= 11 is 0. The highest BCUT2D eigenvalue weighted by Crippen LogP contribution is 2.28. The fourth-order valence-electron chi connectivity index (χ4n) is 2.65. The van der Waals surface area contributed by atoms with Crippen LogP contribution in [0.4, 0.5) is 0 Å². The molecule has 0 bridgehead atoms. The third kappa shape index (κ3) is 2.77. The number of nitrogens with zero attached hydrogens (tertiary/aromatic N) is 3. The third-order valence-corrected chi connectivity index (χ3v) is 4.02. The van der Waals surface area contributed by atoms with E-state index in [0.717, 1.165) is 16.5 Å². The molecule has 124 valence electrons. The number of hydrogen-bond acceptors (Lipinski definition) is 4. The maximum atomic E-state index is 12.1. The van der Waals surface area contributed by atoms with Gasteiger partial charge in [0.2, 0.25) is 0 Å². The molecule has 0 aliphatic rings. The highest BCUT2D eigenvalue weighted by atomic mass is 16.5. The van der Waals surface area contributed by atoms with Crippen molar-refractivity contribution in [3.63, 3.8) is 0 Å². The van der Waals surface area contributed by atoms with E-state index in [4.69, 9.17) is 4.74 Å². The largest absolute Gasteiger partial charge is 0.465 e. The van der Waals surface area contributed by atoms with E-state index in [1.807, 2.05) is 58.3 Å². The van der Waals surface area contributed by atoms with E-state index in [2.05, 4.69) is 14.5 Å². The second kappa shape index (κ2) is 5.74. The van der Waals surface area contributed by atoms with Crippen LogP contribution in [0.3, 0.4) is 0 Å². The number of aryl methyl sites for hydroxylation is 1. The zero-order chi connectivity index (χ0) is 17.5.